The van der Waals surface area contributed by atoms with Crippen LogP contribution in [0.2, 0.25) is 0 Å². The molecule has 2 aromatic rings. The summed E-state index contributed by atoms with van der Waals surface area (Å²) < 4.78 is 2.31. The number of fused-ring (bicyclic) bond motifs is 1. The fraction of sp³-hybridized carbons (Fsp3) is 0.375. The Morgan fingerprint density at radius 3 is 2.50 bits per heavy atom. The first-order chi connectivity index (χ1) is 12.8. The van der Waals surface area contributed by atoms with Gasteiger partial charge >= 0.3 is 0 Å². The molecule has 1 aliphatic heterocycles. The van der Waals surface area contributed by atoms with Gasteiger partial charge in [-0.2, -0.15) is 4.58 Å². The van der Waals surface area contributed by atoms with Gasteiger partial charge in [0.2, 0.25) is 5.69 Å². The molecule has 1 heterocycles. The summed E-state index contributed by atoms with van der Waals surface area (Å²) in [5.41, 5.74) is 7.68. The van der Waals surface area contributed by atoms with E-state index in [4.69, 9.17) is 11.6 Å². The largest absolute Gasteiger partial charge is 1.00 e. The van der Waals surface area contributed by atoms with Gasteiger partial charge in [-0.15, -0.1) is 11.6 Å². The zero-order valence-electron chi connectivity index (χ0n) is 17.4. The van der Waals surface area contributed by atoms with Crippen molar-refractivity contribution in [1.29, 1.82) is 0 Å². The lowest BCUT2D eigenvalue weighted by atomic mass is 9.81. The van der Waals surface area contributed by atoms with E-state index in [1.54, 1.807) is 0 Å². The molecular formula is C24H30Cl2N2. The van der Waals surface area contributed by atoms with Crippen LogP contribution >= 0.6 is 11.6 Å². The predicted molar refractivity (Wildman–Crippen MR) is 119 cm³/mol. The highest BCUT2D eigenvalue weighted by Gasteiger charge is 2.42. The topological polar surface area (TPSA) is 15.0 Å². The van der Waals surface area contributed by atoms with Crippen molar-refractivity contribution in [2.24, 2.45) is 0 Å². The third kappa shape index (κ3) is 4.45. The SMILES string of the molecule is Cc1cc(NC(C)CCCl)ccc1C=CC1=[N+](C)c2ccccc2C1(C)C.[Cl-]. The lowest BCUT2D eigenvalue weighted by Crippen LogP contribution is -3.00. The van der Waals surface area contributed by atoms with Gasteiger partial charge in [0.1, 0.15) is 7.05 Å². The maximum absolute atomic E-state index is 5.84. The number of rotatable bonds is 6. The minimum Gasteiger partial charge on any atom is -1.00 e. The van der Waals surface area contributed by atoms with Crippen LogP contribution in [0, 0.1) is 6.92 Å². The number of alkyl halides is 1. The summed E-state index contributed by atoms with van der Waals surface area (Å²) in [6.07, 6.45) is 5.47. The van der Waals surface area contributed by atoms with Gasteiger partial charge in [0.25, 0.3) is 0 Å². The summed E-state index contributed by atoms with van der Waals surface area (Å²) >= 11 is 5.84. The first-order valence-corrected chi connectivity index (χ1v) is 10.2. The molecule has 0 spiro atoms. The Kier molecular flexibility index (Phi) is 7.36. The smallest absolute Gasteiger partial charge is 0.209 e. The van der Waals surface area contributed by atoms with E-state index >= 15 is 0 Å². The summed E-state index contributed by atoms with van der Waals surface area (Å²) in [4.78, 5) is 0. The maximum atomic E-state index is 5.84. The first kappa shape index (κ1) is 22.5. The molecule has 0 aliphatic carbocycles. The van der Waals surface area contributed by atoms with Gasteiger partial charge in [0, 0.05) is 35.3 Å². The van der Waals surface area contributed by atoms with E-state index < -0.39 is 0 Å². The Labute approximate surface area is 180 Å². The molecule has 2 aromatic carbocycles. The van der Waals surface area contributed by atoms with Crippen LogP contribution in [-0.4, -0.2) is 29.3 Å². The first-order valence-electron chi connectivity index (χ1n) is 9.66. The Hall–Kier alpha value is -1.77. The van der Waals surface area contributed by atoms with Crippen molar-refractivity contribution in [1.82, 2.24) is 0 Å². The van der Waals surface area contributed by atoms with Gasteiger partial charge in [-0.3, -0.25) is 0 Å². The van der Waals surface area contributed by atoms with Crippen LogP contribution in [0.15, 0.2) is 48.5 Å². The van der Waals surface area contributed by atoms with Crippen molar-refractivity contribution in [3.63, 3.8) is 0 Å². The van der Waals surface area contributed by atoms with Crippen molar-refractivity contribution in [2.45, 2.75) is 45.6 Å². The van der Waals surface area contributed by atoms with E-state index in [2.05, 4.69) is 99.3 Å². The summed E-state index contributed by atoms with van der Waals surface area (Å²) in [6.45, 7) is 8.93. The number of halogens is 2. The lowest BCUT2D eigenvalue weighted by molar-refractivity contribution is -0.401. The van der Waals surface area contributed by atoms with Gasteiger partial charge in [0.15, 0.2) is 5.71 Å². The van der Waals surface area contributed by atoms with E-state index in [-0.39, 0.29) is 17.8 Å². The fourth-order valence-electron chi connectivity index (χ4n) is 3.94. The zero-order chi connectivity index (χ0) is 19.6. The highest BCUT2D eigenvalue weighted by molar-refractivity contribution is 6.17. The average molecular weight is 417 g/mol. The summed E-state index contributed by atoms with van der Waals surface area (Å²) in [5.74, 6) is 0.679. The number of para-hydroxylation sites is 1. The highest BCUT2D eigenvalue weighted by Crippen LogP contribution is 2.39. The third-order valence-electron chi connectivity index (χ3n) is 5.59. The average Bonchev–Trinajstić information content (AvgIpc) is 2.81. The van der Waals surface area contributed by atoms with Crippen LogP contribution in [0.3, 0.4) is 0 Å². The van der Waals surface area contributed by atoms with E-state index in [1.165, 1.54) is 28.1 Å². The fourth-order valence-corrected chi connectivity index (χ4v) is 4.27. The number of nitrogens with one attached hydrogen (secondary N) is 1. The molecule has 0 amide bonds. The Bertz CT molecular complexity index is 897. The zero-order valence-corrected chi connectivity index (χ0v) is 18.9. The van der Waals surface area contributed by atoms with Crippen LogP contribution < -0.4 is 17.7 Å². The van der Waals surface area contributed by atoms with Gasteiger partial charge in [-0.1, -0.05) is 24.3 Å². The number of hydrogen-bond donors (Lipinski definition) is 1. The van der Waals surface area contributed by atoms with E-state index in [0.29, 0.717) is 11.9 Å². The maximum Gasteiger partial charge on any atom is 0.209 e. The predicted octanol–water partition coefficient (Wildman–Crippen LogP) is 3.15. The summed E-state index contributed by atoms with van der Waals surface area (Å²) in [5, 5.41) is 3.52. The van der Waals surface area contributed by atoms with Crippen LogP contribution in [0.4, 0.5) is 11.4 Å². The standard InChI is InChI=1S/C24H29ClN2.ClH/c1-17-16-20(26-18(2)14-15-25)12-10-19(17)11-13-23-24(3,4)21-8-6-7-9-22(21)27(23)5;/h6-13,16,18H,14-15H2,1-5H3;1H. The summed E-state index contributed by atoms with van der Waals surface area (Å²) in [6, 6.07) is 15.6. The second kappa shape index (κ2) is 9.15. The molecular weight excluding hydrogens is 387 g/mol. The molecule has 0 saturated carbocycles. The molecule has 1 unspecified atom stereocenters. The number of nitrogens with zero attached hydrogens (tertiary/aromatic N) is 1. The van der Waals surface area contributed by atoms with E-state index in [1.807, 2.05) is 0 Å². The van der Waals surface area contributed by atoms with Gasteiger partial charge in [-0.05, 0) is 63.5 Å². The number of aryl methyl sites for hydroxylation is 1. The van der Waals surface area contributed by atoms with Crippen LogP contribution in [0.1, 0.15) is 43.9 Å². The van der Waals surface area contributed by atoms with Gasteiger partial charge in [-0.25, -0.2) is 0 Å². The van der Waals surface area contributed by atoms with Crippen molar-refractivity contribution in [3.8, 4) is 0 Å². The molecule has 1 atom stereocenters. The molecule has 0 bridgehead atoms. The lowest BCUT2D eigenvalue weighted by Gasteiger charge is -2.16. The Balaban J connectivity index is 0.00000280. The molecule has 150 valence electrons. The molecule has 28 heavy (non-hydrogen) atoms. The van der Waals surface area contributed by atoms with Crippen LogP contribution in [0.25, 0.3) is 6.08 Å². The number of hydrogen-bond acceptors (Lipinski definition) is 1. The molecule has 2 nitrogen and oxygen atoms in total. The summed E-state index contributed by atoms with van der Waals surface area (Å²) in [7, 11) is 2.16. The van der Waals surface area contributed by atoms with Gasteiger partial charge in [0.05, 0.1) is 5.41 Å². The van der Waals surface area contributed by atoms with Crippen LogP contribution in [0.5, 0.6) is 0 Å². The number of benzene rings is 2. The molecule has 0 saturated heterocycles. The molecule has 0 fully saturated rings. The third-order valence-corrected chi connectivity index (χ3v) is 5.80. The molecule has 4 heteroatoms. The van der Waals surface area contributed by atoms with Crippen molar-refractivity contribution in [2.75, 3.05) is 18.2 Å². The van der Waals surface area contributed by atoms with Gasteiger partial charge < -0.3 is 17.7 Å². The molecule has 0 radical (unpaired) electrons. The van der Waals surface area contributed by atoms with Crippen molar-refractivity contribution >= 4 is 34.8 Å². The number of allylic oxidation sites excluding steroid dienone is 1. The van der Waals surface area contributed by atoms with Crippen LogP contribution in [-0.2, 0) is 5.41 Å². The Morgan fingerprint density at radius 2 is 1.86 bits per heavy atom. The van der Waals surface area contributed by atoms with Crippen molar-refractivity contribution in [3.05, 3.63) is 65.2 Å². The molecule has 1 aliphatic rings. The number of anilines is 1. The monoisotopic (exact) mass is 416 g/mol. The highest BCUT2D eigenvalue weighted by atomic mass is 35.5. The minimum atomic E-state index is 0. The second-order valence-electron chi connectivity index (χ2n) is 8.01. The normalized spacial score (nSPS) is 16.1. The Morgan fingerprint density at radius 1 is 1.14 bits per heavy atom. The van der Waals surface area contributed by atoms with E-state index in [0.717, 1.165) is 12.1 Å². The van der Waals surface area contributed by atoms with E-state index in [9.17, 15) is 0 Å². The second-order valence-corrected chi connectivity index (χ2v) is 8.39. The molecule has 0 aromatic heterocycles. The molecule has 1 N–H and O–H groups in total. The minimum absolute atomic E-state index is 0. The quantitative estimate of drug-likeness (QED) is 0.564. The molecule has 3 rings (SSSR count). The van der Waals surface area contributed by atoms with Crippen molar-refractivity contribution < 1.29 is 17.0 Å².